The second kappa shape index (κ2) is 7.59. The summed E-state index contributed by atoms with van der Waals surface area (Å²) in [5.74, 6) is 2.63. The third kappa shape index (κ3) is 3.45. The number of nitrogens with one attached hydrogen (secondary N) is 1. The largest absolute Gasteiger partial charge is 0.378 e. The fourth-order valence-corrected chi connectivity index (χ4v) is 3.85. The summed E-state index contributed by atoms with van der Waals surface area (Å²) in [5.41, 5.74) is 0.917. The maximum atomic E-state index is 5.41. The Morgan fingerprint density at radius 3 is 2.50 bits per heavy atom. The Balaban J connectivity index is 1.22. The first kappa shape index (κ1) is 17.2. The highest BCUT2D eigenvalue weighted by atomic mass is 16.5. The number of rotatable bonds is 4. The summed E-state index contributed by atoms with van der Waals surface area (Å²) in [6, 6.07) is 2.34. The number of piperidine rings is 1. The molecule has 0 aliphatic carbocycles. The van der Waals surface area contributed by atoms with Gasteiger partial charge in [-0.1, -0.05) is 0 Å². The van der Waals surface area contributed by atoms with Crippen molar-refractivity contribution in [2.75, 3.05) is 54.5 Å². The molecule has 5 heterocycles. The van der Waals surface area contributed by atoms with Crippen molar-refractivity contribution in [1.29, 1.82) is 0 Å². The van der Waals surface area contributed by atoms with Gasteiger partial charge in [0.15, 0.2) is 11.5 Å². The summed E-state index contributed by atoms with van der Waals surface area (Å²) >= 11 is 0. The summed E-state index contributed by atoms with van der Waals surface area (Å²) in [7, 11) is 0. The van der Waals surface area contributed by atoms with E-state index in [9.17, 15) is 0 Å². The number of hydrogen-bond donors (Lipinski definition) is 1. The number of anilines is 3. The van der Waals surface area contributed by atoms with Crippen molar-refractivity contribution in [2.45, 2.75) is 18.9 Å². The van der Waals surface area contributed by atoms with Crippen LogP contribution in [0, 0.1) is 0 Å². The van der Waals surface area contributed by atoms with Gasteiger partial charge in [-0.2, -0.15) is 4.98 Å². The molecule has 3 aromatic rings. The number of nitrogens with zero attached hydrogens (tertiary/aromatic N) is 7. The normalized spacial score (nSPS) is 18.6. The Morgan fingerprint density at radius 2 is 1.68 bits per heavy atom. The topological polar surface area (TPSA) is 83.7 Å². The average molecular weight is 380 g/mol. The summed E-state index contributed by atoms with van der Waals surface area (Å²) < 4.78 is 7.43. The lowest BCUT2D eigenvalue weighted by Crippen LogP contribution is -2.40. The zero-order valence-corrected chi connectivity index (χ0v) is 15.7. The van der Waals surface area contributed by atoms with Gasteiger partial charge in [0.25, 0.3) is 0 Å². The standard InChI is InChI=1S/C19H24N8O/c1-4-22-19(27-11-13-28-14-12-27)24-16(1)23-15-2-7-25(8-3-15)17-18-21-6-10-26(18)9-5-20-17/h1,4-6,9-10,15H,2-3,7-8,11-14H2,(H,22,23,24). The zero-order valence-electron chi connectivity index (χ0n) is 15.7. The molecular formula is C19H24N8O. The van der Waals surface area contributed by atoms with Gasteiger partial charge in [-0.3, -0.25) is 0 Å². The minimum absolute atomic E-state index is 0.392. The Kier molecular flexibility index (Phi) is 4.66. The number of aromatic nitrogens is 5. The highest BCUT2D eigenvalue weighted by Gasteiger charge is 2.23. The Hall–Kier alpha value is -2.94. The van der Waals surface area contributed by atoms with Crippen molar-refractivity contribution in [3.63, 3.8) is 0 Å². The molecule has 5 rings (SSSR count). The molecule has 9 heteroatoms. The van der Waals surface area contributed by atoms with Crippen LogP contribution in [0.2, 0.25) is 0 Å². The minimum atomic E-state index is 0.392. The van der Waals surface area contributed by atoms with Crippen molar-refractivity contribution in [3.05, 3.63) is 37.1 Å². The Bertz CT molecular complexity index is 930. The number of ether oxygens (including phenoxy) is 1. The van der Waals surface area contributed by atoms with Crippen molar-refractivity contribution in [1.82, 2.24) is 24.3 Å². The molecule has 0 atom stereocenters. The molecule has 0 amide bonds. The molecule has 1 N–H and O–H groups in total. The second-order valence-electron chi connectivity index (χ2n) is 7.16. The van der Waals surface area contributed by atoms with Gasteiger partial charge < -0.3 is 24.3 Å². The van der Waals surface area contributed by atoms with Gasteiger partial charge in [-0.05, 0) is 18.9 Å². The first-order valence-electron chi connectivity index (χ1n) is 9.82. The molecule has 2 fully saturated rings. The first-order valence-corrected chi connectivity index (χ1v) is 9.82. The maximum Gasteiger partial charge on any atom is 0.227 e. The van der Waals surface area contributed by atoms with Crippen molar-refractivity contribution >= 4 is 23.2 Å². The van der Waals surface area contributed by atoms with Crippen LogP contribution in [0.25, 0.3) is 5.65 Å². The molecule has 0 aromatic carbocycles. The summed E-state index contributed by atoms with van der Waals surface area (Å²) in [5, 5.41) is 3.59. The predicted octanol–water partition coefficient (Wildman–Crippen LogP) is 1.44. The summed E-state index contributed by atoms with van der Waals surface area (Å²) in [6.45, 7) is 5.03. The predicted molar refractivity (Wildman–Crippen MR) is 107 cm³/mol. The molecule has 0 bridgehead atoms. The van der Waals surface area contributed by atoms with Gasteiger partial charge in [-0.25, -0.2) is 15.0 Å². The van der Waals surface area contributed by atoms with E-state index in [1.54, 1.807) is 0 Å². The van der Waals surface area contributed by atoms with E-state index in [1.165, 1.54) is 0 Å². The van der Waals surface area contributed by atoms with Crippen LogP contribution in [0.3, 0.4) is 0 Å². The molecule has 0 saturated carbocycles. The van der Waals surface area contributed by atoms with Crippen molar-refractivity contribution in [3.8, 4) is 0 Å². The van der Waals surface area contributed by atoms with Crippen LogP contribution in [0.5, 0.6) is 0 Å². The zero-order chi connectivity index (χ0) is 18.8. The summed E-state index contributed by atoms with van der Waals surface area (Å²) in [4.78, 5) is 22.6. The SMILES string of the molecule is c1cc(NC2CCN(c3nccn4ccnc34)CC2)nc(N2CCOCC2)n1. The molecule has 0 unspecified atom stereocenters. The molecule has 3 aromatic heterocycles. The van der Waals surface area contributed by atoms with E-state index < -0.39 is 0 Å². The van der Waals surface area contributed by atoms with Crippen LogP contribution in [0.15, 0.2) is 37.1 Å². The van der Waals surface area contributed by atoms with E-state index in [0.717, 1.165) is 75.5 Å². The molecule has 2 aliphatic heterocycles. The molecule has 2 saturated heterocycles. The van der Waals surface area contributed by atoms with E-state index >= 15 is 0 Å². The van der Waals surface area contributed by atoms with Gasteiger partial charge in [0, 0.05) is 63.2 Å². The molecule has 0 radical (unpaired) electrons. The number of morpholine rings is 1. The second-order valence-corrected chi connectivity index (χ2v) is 7.16. The van der Waals surface area contributed by atoms with Crippen molar-refractivity contribution < 1.29 is 4.74 Å². The summed E-state index contributed by atoms with van der Waals surface area (Å²) in [6.07, 6.45) is 11.4. The highest BCUT2D eigenvalue weighted by molar-refractivity contribution is 5.64. The highest BCUT2D eigenvalue weighted by Crippen LogP contribution is 2.23. The number of fused-ring (bicyclic) bond motifs is 1. The van der Waals surface area contributed by atoms with Gasteiger partial charge in [0.1, 0.15) is 5.82 Å². The van der Waals surface area contributed by atoms with Gasteiger partial charge in [0.05, 0.1) is 13.2 Å². The van der Waals surface area contributed by atoms with Crippen LogP contribution in [-0.2, 0) is 4.74 Å². The van der Waals surface area contributed by atoms with Gasteiger partial charge in [-0.15, -0.1) is 0 Å². The monoisotopic (exact) mass is 380 g/mol. The lowest BCUT2D eigenvalue weighted by atomic mass is 10.1. The van der Waals surface area contributed by atoms with Crippen LogP contribution in [-0.4, -0.2) is 69.8 Å². The van der Waals surface area contributed by atoms with E-state index in [1.807, 2.05) is 41.5 Å². The van der Waals surface area contributed by atoms with E-state index in [4.69, 9.17) is 9.72 Å². The van der Waals surface area contributed by atoms with Crippen LogP contribution < -0.4 is 15.1 Å². The van der Waals surface area contributed by atoms with E-state index in [0.29, 0.717) is 6.04 Å². The fraction of sp³-hybridized carbons (Fsp3) is 0.474. The number of hydrogen-bond acceptors (Lipinski definition) is 8. The number of imidazole rings is 1. The van der Waals surface area contributed by atoms with Crippen LogP contribution in [0.4, 0.5) is 17.6 Å². The Labute approximate surface area is 163 Å². The molecule has 2 aliphatic rings. The van der Waals surface area contributed by atoms with Gasteiger partial charge in [0.2, 0.25) is 5.95 Å². The minimum Gasteiger partial charge on any atom is -0.378 e. The Morgan fingerprint density at radius 1 is 0.893 bits per heavy atom. The quantitative estimate of drug-likeness (QED) is 0.728. The maximum absolute atomic E-state index is 5.41. The van der Waals surface area contributed by atoms with Crippen molar-refractivity contribution in [2.24, 2.45) is 0 Å². The van der Waals surface area contributed by atoms with E-state index in [2.05, 4.69) is 30.1 Å². The van der Waals surface area contributed by atoms with E-state index in [-0.39, 0.29) is 0 Å². The molecule has 28 heavy (non-hydrogen) atoms. The molecule has 9 nitrogen and oxygen atoms in total. The average Bonchev–Trinajstić information content (AvgIpc) is 3.24. The fourth-order valence-electron chi connectivity index (χ4n) is 3.85. The molecule has 146 valence electrons. The first-order chi connectivity index (χ1) is 13.9. The molecule has 0 spiro atoms. The molecular weight excluding hydrogens is 356 g/mol. The lowest BCUT2D eigenvalue weighted by molar-refractivity contribution is 0.122. The third-order valence-corrected chi connectivity index (χ3v) is 5.38. The van der Waals surface area contributed by atoms with Crippen LogP contribution in [0.1, 0.15) is 12.8 Å². The lowest BCUT2D eigenvalue weighted by Gasteiger charge is -2.33. The van der Waals surface area contributed by atoms with Crippen LogP contribution >= 0.6 is 0 Å². The van der Waals surface area contributed by atoms with Gasteiger partial charge >= 0.3 is 0 Å². The third-order valence-electron chi connectivity index (χ3n) is 5.38. The smallest absolute Gasteiger partial charge is 0.227 e.